The van der Waals surface area contributed by atoms with E-state index in [1.54, 1.807) is 5.57 Å². The summed E-state index contributed by atoms with van der Waals surface area (Å²) in [5.41, 5.74) is 3.52. The summed E-state index contributed by atoms with van der Waals surface area (Å²) >= 11 is 7.88. The van der Waals surface area contributed by atoms with E-state index in [2.05, 4.69) is 32.2 Å². The number of thioether (sulfide) groups is 1. The standard InChI is InChI=1S/C30H33ClN4OS/c1-18-15-19-10-8-14-30(2,3)23(19)16-22(18)27-32-25-13-7-5-11-21(25)26-28(36)33-29(34-35(26)27)37-17-20-9-4-6-12-24(20)31/h4-7,9-13,18,22-23,27H,8,14-17H2,1-3H3,(H,33,34,36). The van der Waals surface area contributed by atoms with E-state index in [1.807, 2.05) is 53.5 Å². The Balaban J connectivity index is 1.38. The lowest BCUT2D eigenvalue weighted by Gasteiger charge is -2.49. The number of benzene rings is 2. The molecule has 37 heavy (non-hydrogen) atoms. The van der Waals surface area contributed by atoms with E-state index in [-0.39, 0.29) is 17.5 Å². The second-order valence-electron chi connectivity index (χ2n) is 11.4. The highest BCUT2D eigenvalue weighted by atomic mass is 35.5. The van der Waals surface area contributed by atoms with Crippen LogP contribution in [0.3, 0.4) is 0 Å². The van der Waals surface area contributed by atoms with Crippen molar-refractivity contribution in [2.24, 2.45) is 33.3 Å². The number of carbonyl (C=O) groups is 1. The zero-order valence-corrected chi connectivity index (χ0v) is 23.1. The molecule has 2 aliphatic carbocycles. The van der Waals surface area contributed by atoms with Gasteiger partial charge in [-0.15, -0.1) is 5.10 Å². The largest absolute Gasteiger partial charge is 0.298 e. The van der Waals surface area contributed by atoms with Crippen LogP contribution >= 0.6 is 23.4 Å². The highest BCUT2D eigenvalue weighted by Crippen LogP contribution is 2.52. The van der Waals surface area contributed by atoms with Crippen LogP contribution < -0.4 is 15.9 Å². The van der Waals surface area contributed by atoms with E-state index >= 15 is 0 Å². The first-order valence-electron chi connectivity index (χ1n) is 13.2. The smallest absolute Gasteiger partial charge is 0.276 e. The topological polar surface area (TPSA) is 57.1 Å². The third-order valence-corrected chi connectivity index (χ3v) is 9.91. The monoisotopic (exact) mass is 532 g/mol. The molecular formula is C30H33ClN4OS. The Morgan fingerprint density at radius 2 is 1.95 bits per heavy atom. The fourth-order valence-corrected chi connectivity index (χ4v) is 7.68. The third kappa shape index (κ3) is 4.52. The van der Waals surface area contributed by atoms with Gasteiger partial charge in [0.25, 0.3) is 5.91 Å². The van der Waals surface area contributed by atoms with Gasteiger partial charge in [-0.25, -0.2) is 5.01 Å². The zero-order chi connectivity index (χ0) is 25.7. The normalized spacial score (nSPS) is 28.2. The molecule has 2 heterocycles. The number of nitrogens with zero attached hydrogens (tertiary/aromatic N) is 3. The minimum atomic E-state index is -0.207. The highest BCUT2D eigenvalue weighted by molar-refractivity contribution is 8.13. The number of rotatable bonds is 3. The number of hydrazone groups is 1. The van der Waals surface area contributed by atoms with E-state index in [4.69, 9.17) is 21.7 Å². The number of halogens is 1. The molecule has 6 rings (SSSR count). The Bertz CT molecular complexity index is 1430. The molecule has 1 fully saturated rings. The van der Waals surface area contributed by atoms with Crippen molar-refractivity contribution in [3.8, 4) is 0 Å². The predicted octanol–water partition coefficient (Wildman–Crippen LogP) is 5.45. The van der Waals surface area contributed by atoms with Gasteiger partial charge in [0.15, 0.2) is 5.17 Å². The summed E-state index contributed by atoms with van der Waals surface area (Å²) in [7, 11) is 0. The molecule has 192 valence electrons. The highest BCUT2D eigenvalue weighted by Gasteiger charge is 2.46. The summed E-state index contributed by atoms with van der Waals surface area (Å²) in [6.45, 7) is 7.18. The van der Waals surface area contributed by atoms with Crippen molar-refractivity contribution in [3.63, 3.8) is 0 Å². The molecule has 2 aromatic rings. The number of hydrogen-bond acceptors (Lipinski definition) is 5. The van der Waals surface area contributed by atoms with Gasteiger partial charge < -0.3 is 0 Å². The minimum absolute atomic E-state index is 0.119. The molecule has 7 heteroatoms. The molecule has 1 saturated carbocycles. The number of carbonyl (C=O) groups excluding carboxylic acids is 1. The molecule has 2 aromatic carbocycles. The van der Waals surface area contributed by atoms with Crippen molar-refractivity contribution in [1.29, 1.82) is 0 Å². The molecule has 0 aromatic heterocycles. The quantitative estimate of drug-likeness (QED) is 0.535. The molecule has 4 unspecified atom stereocenters. The van der Waals surface area contributed by atoms with Gasteiger partial charge in [0, 0.05) is 21.9 Å². The Morgan fingerprint density at radius 3 is 2.78 bits per heavy atom. The Morgan fingerprint density at radius 1 is 1.16 bits per heavy atom. The molecule has 1 amide bonds. The van der Waals surface area contributed by atoms with Crippen LogP contribution in [0.15, 0.2) is 70.3 Å². The molecule has 4 aliphatic rings. The van der Waals surface area contributed by atoms with Crippen molar-refractivity contribution in [3.05, 3.63) is 81.3 Å². The van der Waals surface area contributed by atoms with Gasteiger partial charge in [0.1, 0.15) is 11.9 Å². The van der Waals surface area contributed by atoms with E-state index in [1.165, 1.54) is 24.6 Å². The molecule has 0 bridgehead atoms. The number of amidine groups is 1. The molecular weight excluding hydrogens is 500 g/mol. The van der Waals surface area contributed by atoms with Gasteiger partial charge in [-0.1, -0.05) is 92.2 Å². The fraction of sp³-hybridized carbons (Fsp3) is 0.433. The van der Waals surface area contributed by atoms with Crippen LogP contribution in [0, 0.1) is 23.2 Å². The van der Waals surface area contributed by atoms with E-state index < -0.39 is 0 Å². The lowest BCUT2D eigenvalue weighted by atomic mass is 9.58. The van der Waals surface area contributed by atoms with Gasteiger partial charge in [-0.05, 0) is 60.6 Å². The predicted molar refractivity (Wildman–Crippen MR) is 151 cm³/mol. The van der Waals surface area contributed by atoms with Crippen LogP contribution in [0.25, 0.3) is 5.70 Å². The van der Waals surface area contributed by atoms with E-state index in [9.17, 15) is 4.79 Å². The second-order valence-corrected chi connectivity index (χ2v) is 12.8. The number of fused-ring (bicyclic) bond motifs is 3. The number of hydrogen-bond donors (Lipinski definition) is 1. The van der Waals surface area contributed by atoms with Crippen LogP contribution in [0.4, 0.5) is 0 Å². The van der Waals surface area contributed by atoms with Crippen LogP contribution in [-0.2, 0) is 10.5 Å². The average Bonchev–Trinajstić information content (AvgIpc) is 2.87. The first-order chi connectivity index (χ1) is 17.8. The Kier molecular flexibility index (Phi) is 6.44. The van der Waals surface area contributed by atoms with Crippen molar-refractivity contribution < 1.29 is 4.79 Å². The molecule has 5 nitrogen and oxygen atoms in total. The summed E-state index contributed by atoms with van der Waals surface area (Å²) in [4.78, 5) is 18.8. The van der Waals surface area contributed by atoms with Gasteiger partial charge >= 0.3 is 0 Å². The molecule has 4 atom stereocenters. The van der Waals surface area contributed by atoms with Crippen molar-refractivity contribution in [2.45, 2.75) is 58.4 Å². The summed E-state index contributed by atoms with van der Waals surface area (Å²) in [5.74, 6) is 1.81. The maximum absolute atomic E-state index is 13.6. The zero-order valence-electron chi connectivity index (χ0n) is 21.6. The summed E-state index contributed by atoms with van der Waals surface area (Å²) in [6, 6.07) is 15.8. The summed E-state index contributed by atoms with van der Waals surface area (Å²) in [6.07, 6.45) is 6.85. The van der Waals surface area contributed by atoms with Crippen molar-refractivity contribution in [1.82, 2.24) is 10.3 Å². The molecule has 0 radical (unpaired) electrons. The maximum atomic E-state index is 13.6. The lowest BCUT2D eigenvalue weighted by Crippen LogP contribution is -2.56. The van der Waals surface area contributed by atoms with Crippen LogP contribution in [0.1, 0.15) is 52.0 Å². The van der Waals surface area contributed by atoms with E-state index in [0.29, 0.717) is 34.4 Å². The SMILES string of the molecule is CC1CC2=CCCC(C)(C)C2CC1C1N=c2ccccc2=C2C(=O)NC(SCc3ccccc3Cl)=NN21. The van der Waals surface area contributed by atoms with Crippen molar-refractivity contribution >= 4 is 40.1 Å². The summed E-state index contributed by atoms with van der Waals surface area (Å²) in [5, 5.41) is 13.0. The first-order valence-corrected chi connectivity index (χ1v) is 14.6. The number of para-hydroxylation sites is 1. The molecule has 1 N–H and O–H groups in total. The van der Waals surface area contributed by atoms with Crippen LogP contribution in [0.5, 0.6) is 0 Å². The average molecular weight is 533 g/mol. The van der Waals surface area contributed by atoms with Gasteiger partial charge in [0.2, 0.25) is 0 Å². The molecule has 0 saturated heterocycles. The van der Waals surface area contributed by atoms with Crippen LogP contribution in [0.2, 0.25) is 5.02 Å². The number of allylic oxidation sites excluding steroid dienone is 2. The first kappa shape index (κ1) is 24.7. The van der Waals surface area contributed by atoms with Crippen molar-refractivity contribution in [2.75, 3.05) is 0 Å². The molecule has 0 spiro atoms. The Labute approximate surface area is 227 Å². The van der Waals surface area contributed by atoms with Gasteiger partial charge in [-0.2, -0.15) is 0 Å². The second kappa shape index (κ2) is 9.63. The van der Waals surface area contributed by atoms with E-state index in [0.717, 1.165) is 34.0 Å². The van der Waals surface area contributed by atoms with Gasteiger partial charge in [0.05, 0.1) is 5.36 Å². The minimum Gasteiger partial charge on any atom is -0.298 e. The Hall–Kier alpha value is -2.57. The van der Waals surface area contributed by atoms with Crippen LogP contribution in [-0.4, -0.2) is 22.2 Å². The fourth-order valence-electron chi connectivity index (χ4n) is 6.54. The maximum Gasteiger partial charge on any atom is 0.276 e. The third-order valence-electron chi connectivity index (χ3n) is 8.63. The lowest BCUT2D eigenvalue weighted by molar-refractivity contribution is -0.116. The number of amides is 1. The number of nitrogens with one attached hydrogen (secondary N) is 1. The molecule has 2 aliphatic heterocycles. The summed E-state index contributed by atoms with van der Waals surface area (Å²) < 4.78 is 0. The van der Waals surface area contributed by atoms with Gasteiger partial charge in [-0.3, -0.25) is 15.1 Å².